The van der Waals surface area contributed by atoms with E-state index >= 15 is 0 Å². The number of aliphatic imine (C=N–C) groups is 1. The van der Waals surface area contributed by atoms with Crippen LogP contribution in [0.3, 0.4) is 0 Å². The van der Waals surface area contributed by atoms with Crippen LogP contribution in [0.25, 0.3) is 0 Å². The minimum absolute atomic E-state index is 0.237. The average molecular weight is 418 g/mol. The molecule has 1 saturated heterocycles. The fourth-order valence-corrected chi connectivity index (χ4v) is 4.80. The molecule has 1 aliphatic heterocycles. The van der Waals surface area contributed by atoms with Crippen LogP contribution in [0.15, 0.2) is 10.4 Å². The Morgan fingerprint density at radius 2 is 1.93 bits per heavy atom. The molecule has 0 atom stereocenters. The SMILES string of the molecule is CN=C(NCc1nc(C(F)(F)F)cs1)NC1CCN(CC2CCCCC2)CC1. The van der Waals surface area contributed by atoms with Gasteiger partial charge in [0.25, 0.3) is 0 Å². The summed E-state index contributed by atoms with van der Waals surface area (Å²) in [5, 5.41) is 7.94. The van der Waals surface area contributed by atoms with E-state index in [-0.39, 0.29) is 6.54 Å². The molecular weight excluding hydrogens is 387 g/mol. The largest absolute Gasteiger partial charge is 0.434 e. The predicted octanol–water partition coefficient (Wildman–Crippen LogP) is 3.87. The van der Waals surface area contributed by atoms with E-state index in [1.165, 1.54) is 38.6 Å². The summed E-state index contributed by atoms with van der Waals surface area (Å²) in [6.07, 6.45) is 4.64. The highest BCUT2D eigenvalue weighted by molar-refractivity contribution is 7.09. The molecular formula is C19H30F3N5S. The summed E-state index contributed by atoms with van der Waals surface area (Å²) in [5.74, 6) is 1.49. The van der Waals surface area contributed by atoms with Crippen molar-refractivity contribution in [3.63, 3.8) is 0 Å². The van der Waals surface area contributed by atoms with Gasteiger partial charge in [-0.3, -0.25) is 4.99 Å². The first-order valence-corrected chi connectivity index (χ1v) is 11.0. The number of halogens is 3. The smallest absolute Gasteiger partial charge is 0.354 e. The van der Waals surface area contributed by atoms with E-state index in [1.54, 1.807) is 7.05 Å². The van der Waals surface area contributed by atoms with Gasteiger partial charge in [0.05, 0.1) is 6.54 Å². The first kappa shape index (κ1) is 21.4. The van der Waals surface area contributed by atoms with Gasteiger partial charge in [0.1, 0.15) is 5.01 Å². The van der Waals surface area contributed by atoms with Crippen molar-refractivity contribution in [1.82, 2.24) is 20.5 Å². The highest BCUT2D eigenvalue weighted by Crippen LogP contribution is 2.30. The summed E-state index contributed by atoms with van der Waals surface area (Å²) in [6, 6.07) is 0.343. The van der Waals surface area contributed by atoms with Gasteiger partial charge in [-0.15, -0.1) is 11.3 Å². The van der Waals surface area contributed by atoms with Crippen LogP contribution in [-0.2, 0) is 12.7 Å². The lowest BCUT2D eigenvalue weighted by Gasteiger charge is -2.36. The summed E-state index contributed by atoms with van der Waals surface area (Å²) in [4.78, 5) is 10.4. The van der Waals surface area contributed by atoms with E-state index in [0.717, 1.165) is 48.6 Å². The molecule has 3 rings (SSSR count). The van der Waals surface area contributed by atoms with Crippen molar-refractivity contribution in [3.05, 3.63) is 16.1 Å². The van der Waals surface area contributed by atoms with Gasteiger partial charge in [0.2, 0.25) is 0 Å². The van der Waals surface area contributed by atoms with E-state index < -0.39 is 11.9 Å². The molecule has 1 aromatic heterocycles. The highest BCUT2D eigenvalue weighted by atomic mass is 32.1. The van der Waals surface area contributed by atoms with Crippen molar-refractivity contribution in [2.24, 2.45) is 10.9 Å². The number of likely N-dealkylation sites (tertiary alicyclic amines) is 1. The molecule has 2 N–H and O–H groups in total. The predicted molar refractivity (Wildman–Crippen MR) is 106 cm³/mol. The Bertz CT molecular complexity index is 632. The number of hydrogen-bond acceptors (Lipinski definition) is 4. The second-order valence-corrected chi connectivity index (χ2v) is 8.72. The van der Waals surface area contributed by atoms with E-state index in [1.807, 2.05) is 0 Å². The van der Waals surface area contributed by atoms with Gasteiger partial charge in [0, 0.05) is 38.1 Å². The third-order valence-electron chi connectivity index (χ3n) is 5.64. The maximum atomic E-state index is 12.6. The fourth-order valence-electron chi connectivity index (χ4n) is 4.06. The minimum Gasteiger partial charge on any atom is -0.354 e. The molecule has 1 aromatic rings. The molecule has 5 nitrogen and oxygen atoms in total. The van der Waals surface area contributed by atoms with Crippen LogP contribution in [0.5, 0.6) is 0 Å². The third-order valence-corrected chi connectivity index (χ3v) is 6.49. The number of piperidine rings is 1. The van der Waals surface area contributed by atoms with E-state index in [2.05, 4.69) is 25.5 Å². The average Bonchev–Trinajstić information content (AvgIpc) is 3.17. The molecule has 2 fully saturated rings. The zero-order chi connectivity index (χ0) is 20.0. The molecule has 0 radical (unpaired) electrons. The zero-order valence-corrected chi connectivity index (χ0v) is 17.2. The van der Waals surface area contributed by atoms with Gasteiger partial charge in [-0.25, -0.2) is 4.98 Å². The number of thiazole rings is 1. The molecule has 0 bridgehead atoms. The van der Waals surface area contributed by atoms with Crippen molar-refractivity contribution in [1.29, 1.82) is 0 Å². The van der Waals surface area contributed by atoms with Crippen molar-refractivity contribution in [3.8, 4) is 0 Å². The fraction of sp³-hybridized carbons (Fsp3) is 0.789. The van der Waals surface area contributed by atoms with Crippen LogP contribution in [0.1, 0.15) is 55.6 Å². The van der Waals surface area contributed by atoms with Crippen LogP contribution in [0.2, 0.25) is 0 Å². The Morgan fingerprint density at radius 1 is 1.21 bits per heavy atom. The van der Waals surface area contributed by atoms with Crippen LogP contribution < -0.4 is 10.6 Å². The van der Waals surface area contributed by atoms with Gasteiger partial charge in [0.15, 0.2) is 11.7 Å². The molecule has 2 aliphatic rings. The monoisotopic (exact) mass is 417 g/mol. The number of nitrogens with one attached hydrogen (secondary N) is 2. The Labute approximate surface area is 168 Å². The van der Waals surface area contributed by atoms with Crippen molar-refractivity contribution < 1.29 is 13.2 Å². The van der Waals surface area contributed by atoms with Crippen molar-refractivity contribution in [2.75, 3.05) is 26.7 Å². The molecule has 1 saturated carbocycles. The van der Waals surface area contributed by atoms with Gasteiger partial charge >= 0.3 is 6.18 Å². The quantitative estimate of drug-likeness (QED) is 0.564. The zero-order valence-electron chi connectivity index (χ0n) is 16.4. The van der Waals surface area contributed by atoms with Crippen LogP contribution >= 0.6 is 11.3 Å². The molecule has 1 aliphatic carbocycles. The summed E-state index contributed by atoms with van der Waals surface area (Å²) in [5.41, 5.74) is -0.831. The lowest BCUT2D eigenvalue weighted by molar-refractivity contribution is -0.140. The second kappa shape index (κ2) is 9.91. The van der Waals surface area contributed by atoms with Gasteiger partial charge < -0.3 is 15.5 Å². The number of aromatic nitrogens is 1. The summed E-state index contributed by atoms with van der Waals surface area (Å²) < 4.78 is 37.9. The number of hydrogen-bond donors (Lipinski definition) is 2. The topological polar surface area (TPSA) is 52.6 Å². The van der Waals surface area contributed by atoms with Crippen LogP contribution in [-0.4, -0.2) is 48.6 Å². The first-order valence-electron chi connectivity index (χ1n) is 10.1. The minimum atomic E-state index is -4.39. The first-order chi connectivity index (χ1) is 13.4. The molecule has 0 spiro atoms. The van der Waals surface area contributed by atoms with Gasteiger partial charge in [-0.1, -0.05) is 19.3 Å². The Balaban J connectivity index is 1.39. The highest BCUT2D eigenvalue weighted by Gasteiger charge is 2.33. The molecule has 28 heavy (non-hydrogen) atoms. The maximum Gasteiger partial charge on any atom is 0.434 e. The number of guanidine groups is 1. The molecule has 0 aromatic carbocycles. The van der Waals surface area contributed by atoms with E-state index in [9.17, 15) is 13.2 Å². The number of rotatable bonds is 5. The van der Waals surface area contributed by atoms with Crippen LogP contribution in [0, 0.1) is 5.92 Å². The van der Waals surface area contributed by atoms with E-state index in [4.69, 9.17) is 0 Å². The Kier molecular flexibility index (Phi) is 7.56. The standard InChI is InChI=1S/C19H30F3N5S/c1-23-18(24-11-17-26-16(13-28-17)19(20,21)22)25-15-7-9-27(10-8-15)12-14-5-3-2-4-6-14/h13-15H,2-12H2,1H3,(H2,23,24,25). The van der Waals surface area contributed by atoms with E-state index in [0.29, 0.717) is 17.0 Å². The molecule has 2 heterocycles. The molecule has 158 valence electrons. The van der Waals surface area contributed by atoms with Crippen molar-refractivity contribution in [2.45, 2.75) is 63.7 Å². The second-order valence-electron chi connectivity index (χ2n) is 7.77. The summed E-state index contributed by atoms with van der Waals surface area (Å²) >= 11 is 1.01. The molecule has 9 heteroatoms. The molecule has 0 unspecified atom stereocenters. The Hall–Kier alpha value is -1.35. The molecule has 0 amide bonds. The maximum absolute atomic E-state index is 12.6. The third kappa shape index (κ3) is 6.34. The van der Waals surface area contributed by atoms with Gasteiger partial charge in [-0.05, 0) is 31.6 Å². The van der Waals surface area contributed by atoms with Crippen LogP contribution in [0.4, 0.5) is 13.2 Å². The lowest BCUT2D eigenvalue weighted by Crippen LogP contribution is -2.49. The van der Waals surface area contributed by atoms with Crippen molar-refractivity contribution >= 4 is 17.3 Å². The number of nitrogens with zero attached hydrogens (tertiary/aromatic N) is 3. The summed E-state index contributed by atoms with van der Waals surface area (Å²) in [7, 11) is 1.68. The lowest BCUT2D eigenvalue weighted by atomic mass is 9.88. The summed E-state index contributed by atoms with van der Waals surface area (Å²) in [6.45, 7) is 3.64. The van der Waals surface area contributed by atoms with Gasteiger partial charge in [-0.2, -0.15) is 13.2 Å². The normalized spacial score (nSPS) is 21.1. The number of alkyl halides is 3. The Morgan fingerprint density at radius 3 is 2.54 bits per heavy atom.